The highest BCUT2D eigenvalue weighted by Crippen LogP contribution is 2.20. The maximum absolute atomic E-state index is 12.3. The smallest absolute Gasteiger partial charge is 0.265 e. The highest BCUT2D eigenvalue weighted by molar-refractivity contribution is 6.06. The second-order valence-corrected chi connectivity index (χ2v) is 4.88. The first-order valence-electron chi connectivity index (χ1n) is 7.00. The van der Waals surface area contributed by atoms with E-state index >= 15 is 0 Å². The molecule has 2 aromatic heterocycles. The zero-order valence-corrected chi connectivity index (χ0v) is 12.5. The molecule has 2 N–H and O–H groups in total. The van der Waals surface area contributed by atoms with Gasteiger partial charge in [-0.25, -0.2) is 4.98 Å². The van der Waals surface area contributed by atoms with Crippen LogP contribution in [0.4, 0.5) is 0 Å². The number of nitrogens with one attached hydrogen (secondary N) is 2. The number of aromatic nitrogens is 2. The van der Waals surface area contributed by atoms with Crippen LogP contribution in [0.25, 0.3) is 11.1 Å². The van der Waals surface area contributed by atoms with Gasteiger partial charge in [0.05, 0.1) is 5.56 Å². The number of fused-ring (bicyclic) bond motifs is 1. The fourth-order valence-corrected chi connectivity index (χ4v) is 2.12. The van der Waals surface area contributed by atoms with E-state index in [0.717, 1.165) is 13.0 Å². The summed E-state index contributed by atoms with van der Waals surface area (Å²) in [6.45, 7) is 5.82. The summed E-state index contributed by atoms with van der Waals surface area (Å²) in [5.74, 6) is 0.0921. The Labute approximate surface area is 122 Å². The lowest BCUT2D eigenvalue weighted by Gasteiger charge is -2.05. The molecule has 0 radical (unpaired) electrons. The molecule has 0 aliphatic rings. The first-order valence-corrected chi connectivity index (χ1v) is 7.00. The lowest BCUT2D eigenvalue weighted by molar-refractivity contribution is 0.0954. The van der Waals surface area contributed by atoms with Gasteiger partial charge < -0.3 is 19.6 Å². The molecule has 21 heavy (non-hydrogen) atoms. The van der Waals surface area contributed by atoms with Crippen molar-refractivity contribution >= 4 is 17.0 Å². The van der Waals surface area contributed by atoms with Gasteiger partial charge in [-0.05, 0) is 19.9 Å². The number of furan rings is 1. The zero-order chi connectivity index (χ0) is 15.4. The Hall–Kier alpha value is -2.15. The van der Waals surface area contributed by atoms with Crippen molar-refractivity contribution in [2.45, 2.75) is 20.3 Å². The summed E-state index contributed by atoms with van der Waals surface area (Å²) in [5.41, 5.74) is 0.185. The summed E-state index contributed by atoms with van der Waals surface area (Å²) >= 11 is 0. The van der Waals surface area contributed by atoms with Crippen LogP contribution in [0.2, 0.25) is 0 Å². The molecule has 0 saturated carbocycles. The average molecular weight is 292 g/mol. The predicted molar refractivity (Wildman–Crippen MR) is 79.5 cm³/mol. The average Bonchev–Trinajstić information content (AvgIpc) is 2.79. The number of rotatable bonds is 6. The van der Waals surface area contributed by atoms with Crippen LogP contribution in [0, 0.1) is 6.92 Å². The summed E-state index contributed by atoms with van der Waals surface area (Å²) in [6, 6.07) is 0. The molecule has 7 nitrogen and oxygen atoms in total. The molecule has 0 aliphatic carbocycles. The topological polar surface area (TPSA) is 89.2 Å². The number of hydrogen-bond donors (Lipinski definition) is 2. The molecule has 2 heterocycles. The SMILES string of the molecule is CCCNCCNC(=O)c1c(C)oc2ncn(C)c(=O)c12. The minimum Gasteiger partial charge on any atom is -0.442 e. The Kier molecular flexibility index (Phi) is 4.74. The van der Waals surface area contributed by atoms with Gasteiger partial charge >= 0.3 is 0 Å². The van der Waals surface area contributed by atoms with E-state index in [9.17, 15) is 9.59 Å². The molecule has 7 heteroatoms. The van der Waals surface area contributed by atoms with Crippen LogP contribution < -0.4 is 16.2 Å². The van der Waals surface area contributed by atoms with Crippen LogP contribution in [0.3, 0.4) is 0 Å². The minimum absolute atomic E-state index is 0.199. The van der Waals surface area contributed by atoms with Crippen molar-refractivity contribution in [3.8, 4) is 0 Å². The van der Waals surface area contributed by atoms with Gasteiger partial charge in [0.1, 0.15) is 17.5 Å². The van der Waals surface area contributed by atoms with Crippen LogP contribution in [-0.4, -0.2) is 35.1 Å². The second-order valence-electron chi connectivity index (χ2n) is 4.88. The molecular weight excluding hydrogens is 272 g/mol. The third-order valence-electron chi connectivity index (χ3n) is 3.19. The van der Waals surface area contributed by atoms with Gasteiger partial charge in [-0.2, -0.15) is 0 Å². The lowest BCUT2D eigenvalue weighted by Crippen LogP contribution is -2.33. The second kappa shape index (κ2) is 6.53. The summed E-state index contributed by atoms with van der Waals surface area (Å²) in [6.07, 6.45) is 2.42. The van der Waals surface area contributed by atoms with E-state index in [4.69, 9.17) is 4.42 Å². The fourth-order valence-electron chi connectivity index (χ4n) is 2.12. The number of carbonyl (C=O) groups is 1. The first-order chi connectivity index (χ1) is 10.1. The molecule has 2 rings (SSSR count). The maximum atomic E-state index is 12.3. The first kappa shape index (κ1) is 15.2. The Bertz CT molecular complexity index is 702. The third kappa shape index (κ3) is 3.13. The van der Waals surface area contributed by atoms with Crippen LogP contribution in [0.1, 0.15) is 29.5 Å². The van der Waals surface area contributed by atoms with E-state index in [0.29, 0.717) is 18.8 Å². The van der Waals surface area contributed by atoms with E-state index in [1.54, 1.807) is 14.0 Å². The molecule has 0 aromatic carbocycles. The van der Waals surface area contributed by atoms with Crippen LogP contribution >= 0.6 is 0 Å². The molecular formula is C14H20N4O3. The van der Waals surface area contributed by atoms with E-state index < -0.39 is 0 Å². The molecule has 114 valence electrons. The molecule has 0 bridgehead atoms. The van der Waals surface area contributed by atoms with E-state index in [-0.39, 0.29) is 28.1 Å². The van der Waals surface area contributed by atoms with Gasteiger partial charge in [0.25, 0.3) is 11.5 Å². The summed E-state index contributed by atoms with van der Waals surface area (Å²) < 4.78 is 6.73. The van der Waals surface area contributed by atoms with Crippen LogP contribution in [0.15, 0.2) is 15.5 Å². The monoisotopic (exact) mass is 292 g/mol. The minimum atomic E-state index is -0.311. The molecule has 2 aromatic rings. The van der Waals surface area contributed by atoms with Gasteiger partial charge in [0, 0.05) is 20.1 Å². The summed E-state index contributed by atoms with van der Waals surface area (Å²) in [4.78, 5) is 28.4. The van der Waals surface area contributed by atoms with Gasteiger partial charge in [-0.3, -0.25) is 9.59 Å². The summed E-state index contributed by atoms with van der Waals surface area (Å²) in [7, 11) is 1.59. The molecule has 1 amide bonds. The Morgan fingerprint density at radius 3 is 2.86 bits per heavy atom. The van der Waals surface area contributed by atoms with Crippen molar-refractivity contribution in [2.75, 3.05) is 19.6 Å². The molecule has 0 atom stereocenters. The van der Waals surface area contributed by atoms with Crippen molar-refractivity contribution in [1.29, 1.82) is 0 Å². The number of nitrogens with zero attached hydrogens (tertiary/aromatic N) is 2. The Morgan fingerprint density at radius 2 is 2.14 bits per heavy atom. The van der Waals surface area contributed by atoms with Crippen molar-refractivity contribution in [1.82, 2.24) is 20.2 Å². The quantitative estimate of drug-likeness (QED) is 0.760. The normalized spacial score (nSPS) is 11.0. The molecule has 0 unspecified atom stereocenters. The van der Waals surface area contributed by atoms with Gasteiger partial charge in [-0.1, -0.05) is 6.92 Å². The molecule has 0 saturated heterocycles. The number of hydrogen-bond acceptors (Lipinski definition) is 5. The summed E-state index contributed by atoms with van der Waals surface area (Å²) in [5, 5.41) is 6.21. The van der Waals surface area contributed by atoms with Crippen LogP contribution in [-0.2, 0) is 7.05 Å². The fraction of sp³-hybridized carbons (Fsp3) is 0.500. The Morgan fingerprint density at radius 1 is 1.38 bits per heavy atom. The van der Waals surface area contributed by atoms with Crippen molar-refractivity contribution in [3.05, 3.63) is 28.0 Å². The molecule has 0 spiro atoms. The molecule has 0 aliphatic heterocycles. The van der Waals surface area contributed by atoms with Crippen molar-refractivity contribution in [3.63, 3.8) is 0 Å². The molecule has 0 fully saturated rings. The van der Waals surface area contributed by atoms with E-state index in [2.05, 4.69) is 22.5 Å². The number of amides is 1. The van der Waals surface area contributed by atoms with Gasteiger partial charge in [-0.15, -0.1) is 0 Å². The van der Waals surface area contributed by atoms with Gasteiger partial charge in [0.15, 0.2) is 0 Å². The number of carbonyl (C=O) groups excluding carboxylic acids is 1. The van der Waals surface area contributed by atoms with E-state index in [1.165, 1.54) is 10.9 Å². The zero-order valence-electron chi connectivity index (χ0n) is 12.5. The highest BCUT2D eigenvalue weighted by Gasteiger charge is 2.21. The predicted octanol–water partition coefficient (Wildman–Crippen LogP) is 0.564. The van der Waals surface area contributed by atoms with Crippen molar-refractivity contribution in [2.24, 2.45) is 7.05 Å². The maximum Gasteiger partial charge on any atom is 0.265 e. The largest absolute Gasteiger partial charge is 0.442 e. The highest BCUT2D eigenvalue weighted by atomic mass is 16.3. The van der Waals surface area contributed by atoms with Crippen molar-refractivity contribution < 1.29 is 9.21 Å². The van der Waals surface area contributed by atoms with E-state index in [1.807, 2.05) is 0 Å². The number of aryl methyl sites for hydroxylation is 2. The van der Waals surface area contributed by atoms with Crippen LogP contribution in [0.5, 0.6) is 0 Å². The van der Waals surface area contributed by atoms with Gasteiger partial charge in [0.2, 0.25) is 5.71 Å². The third-order valence-corrected chi connectivity index (χ3v) is 3.19. The standard InChI is InChI=1S/C14H20N4O3/c1-4-5-15-6-7-16-12(19)10-9(2)21-13-11(10)14(20)18(3)8-17-13/h8,15H,4-7H2,1-3H3,(H,16,19). The Balaban J connectivity index is 2.21. The lowest BCUT2D eigenvalue weighted by atomic mass is 10.2.